The van der Waals surface area contributed by atoms with Gasteiger partial charge in [-0.25, -0.2) is 0 Å². The van der Waals surface area contributed by atoms with Gasteiger partial charge in [0.25, 0.3) is 0 Å². The monoisotopic (exact) mass is 181 g/mol. The second-order valence-corrected chi connectivity index (χ2v) is 5.60. The lowest BCUT2D eigenvalue weighted by Crippen LogP contribution is -2.28. The maximum atomic E-state index is 11.6. The molecule has 2 aliphatic carbocycles. The van der Waals surface area contributed by atoms with Crippen molar-refractivity contribution in [3.05, 3.63) is 0 Å². The molecule has 2 atom stereocenters. The first-order chi connectivity index (χ1) is 5.98. The molecule has 0 aromatic carbocycles. The molecule has 0 saturated heterocycles. The van der Waals surface area contributed by atoms with Crippen molar-refractivity contribution in [2.24, 2.45) is 17.3 Å². The Balaban J connectivity index is 1.81. The van der Waals surface area contributed by atoms with E-state index in [2.05, 4.69) is 26.1 Å². The Morgan fingerprint density at radius 1 is 1.31 bits per heavy atom. The van der Waals surface area contributed by atoms with Crippen LogP contribution in [0.3, 0.4) is 0 Å². The van der Waals surface area contributed by atoms with Crippen molar-refractivity contribution in [2.75, 3.05) is 0 Å². The number of hydrogen-bond acceptors (Lipinski definition) is 1. The maximum Gasteiger partial charge on any atom is 0.223 e. The zero-order chi connectivity index (χ0) is 9.64. The van der Waals surface area contributed by atoms with Gasteiger partial charge in [-0.05, 0) is 30.6 Å². The SMILES string of the molecule is CC(C)(C)C1CC1C(=O)NC1CC1. The highest BCUT2D eigenvalue weighted by atomic mass is 16.2. The number of carbonyl (C=O) groups is 1. The summed E-state index contributed by atoms with van der Waals surface area (Å²) >= 11 is 0. The van der Waals surface area contributed by atoms with E-state index in [0.29, 0.717) is 29.2 Å². The van der Waals surface area contributed by atoms with Crippen molar-refractivity contribution >= 4 is 5.91 Å². The highest BCUT2D eigenvalue weighted by Gasteiger charge is 2.49. The number of carbonyl (C=O) groups excluding carboxylic acids is 1. The van der Waals surface area contributed by atoms with Crippen LogP contribution >= 0.6 is 0 Å². The first-order valence-electron chi connectivity index (χ1n) is 5.29. The second kappa shape index (κ2) is 2.73. The molecule has 2 unspecified atom stereocenters. The molecule has 0 radical (unpaired) electrons. The number of amides is 1. The lowest BCUT2D eigenvalue weighted by atomic mass is 9.89. The highest BCUT2D eigenvalue weighted by Crippen LogP contribution is 2.50. The van der Waals surface area contributed by atoms with Crippen molar-refractivity contribution in [2.45, 2.75) is 46.1 Å². The van der Waals surface area contributed by atoms with E-state index in [9.17, 15) is 4.79 Å². The van der Waals surface area contributed by atoms with Gasteiger partial charge in [-0.15, -0.1) is 0 Å². The molecular formula is C11H19NO. The van der Waals surface area contributed by atoms with Crippen LogP contribution in [0.2, 0.25) is 0 Å². The van der Waals surface area contributed by atoms with Crippen LogP contribution in [-0.4, -0.2) is 11.9 Å². The third-order valence-electron chi connectivity index (χ3n) is 3.16. The molecule has 0 spiro atoms. The lowest BCUT2D eigenvalue weighted by molar-refractivity contribution is -0.123. The standard InChI is InChI=1S/C11H19NO/c1-11(2,3)9-6-8(9)10(13)12-7-4-5-7/h7-9H,4-6H2,1-3H3,(H,12,13). The summed E-state index contributed by atoms with van der Waals surface area (Å²) in [5.41, 5.74) is 0.311. The van der Waals surface area contributed by atoms with Crippen LogP contribution in [0.15, 0.2) is 0 Å². The summed E-state index contributed by atoms with van der Waals surface area (Å²) < 4.78 is 0. The van der Waals surface area contributed by atoms with Crippen LogP contribution in [0.25, 0.3) is 0 Å². The van der Waals surface area contributed by atoms with E-state index in [4.69, 9.17) is 0 Å². The van der Waals surface area contributed by atoms with Crippen molar-refractivity contribution < 1.29 is 4.79 Å². The van der Waals surface area contributed by atoms with Gasteiger partial charge >= 0.3 is 0 Å². The van der Waals surface area contributed by atoms with Crippen LogP contribution in [0.1, 0.15) is 40.0 Å². The van der Waals surface area contributed by atoms with Crippen molar-refractivity contribution in [3.8, 4) is 0 Å². The minimum absolute atomic E-state index is 0.308. The summed E-state index contributed by atoms with van der Waals surface area (Å²) in [6.07, 6.45) is 3.49. The molecule has 2 fully saturated rings. The average Bonchev–Trinajstić information content (AvgIpc) is 2.80. The third kappa shape index (κ3) is 2.04. The summed E-state index contributed by atoms with van der Waals surface area (Å²) in [6.45, 7) is 6.67. The van der Waals surface area contributed by atoms with Gasteiger partial charge in [-0.3, -0.25) is 4.79 Å². The van der Waals surface area contributed by atoms with Gasteiger partial charge in [0.2, 0.25) is 5.91 Å². The fourth-order valence-corrected chi connectivity index (χ4v) is 1.98. The van der Waals surface area contributed by atoms with Gasteiger partial charge < -0.3 is 5.32 Å². The molecule has 1 N–H and O–H groups in total. The first kappa shape index (κ1) is 9.04. The maximum absolute atomic E-state index is 11.6. The van der Waals surface area contributed by atoms with Gasteiger partial charge in [-0.2, -0.15) is 0 Å². The largest absolute Gasteiger partial charge is 0.353 e. The van der Waals surface area contributed by atoms with E-state index in [1.807, 2.05) is 0 Å². The number of rotatable bonds is 2. The summed E-state index contributed by atoms with van der Waals surface area (Å²) in [4.78, 5) is 11.6. The molecule has 2 rings (SSSR count). The van der Waals surface area contributed by atoms with Gasteiger partial charge in [-0.1, -0.05) is 20.8 Å². The Kier molecular flexibility index (Phi) is 1.90. The van der Waals surface area contributed by atoms with E-state index < -0.39 is 0 Å². The summed E-state index contributed by atoms with van der Waals surface area (Å²) in [5.74, 6) is 1.24. The quantitative estimate of drug-likeness (QED) is 0.693. The molecule has 13 heavy (non-hydrogen) atoms. The van der Waals surface area contributed by atoms with Crippen LogP contribution in [-0.2, 0) is 4.79 Å². The predicted octanol–water partition coefficient (Wildman–Crippen LogP) is 1.95. The Morgan fingerprint density at radius 3 is 2.31 bits per heavy atom. The van der Waals surface area contributed by atoms with Crippen LogP contribution in [0.4, 0.5) is 0 Å². The van der Waals surface area contributed by atoms with Gasteiger partial charge in [0.1, 0.15) is 0 Å². The summed E-state index contributed by atoms with van der Waals surface area (Å²) in [5, 5.41) is 3.08. The molecule has 0 aromatic rings. The Morgan fingerprint density at radius 2 is 1.92 bits per heavy atom. The van der Waals surface area contributed by atoms with E-state index in [-0.39, 0.29) is 0 Å². The van der Waals surface area contributed by atoms with Crippen molar-refractivity contribution in [1.29, 1.82) is 0 Å². The van der Waals surface area contributed by atoms with E-state index in [0.717, 1.165) is 6.42 Å². The van der Waals surface area contributed by atoms with E-state index in [1.165, 1.54) is 12.8 Å². The fourth-order valence-electron chi connectivity index (χ4n) is 1.98. The molecule has 1 amide bonds. The van der Waals surface area contributed by atoms with Crippen LogP contribution < -0.4 is 5.32 Å². The molecule has 0 aromatic heterocycles. The zero-order valence-corrected chi connectivity index (χ0v) is 8.76. The molecule has 0 heterocycles. The molecule has 2 heteroatoms. The van der Waals surface area contributed by atoms with Crippen LogP contribution in [0.5, 0.6) is 0 Å². The topological polar surface area (TPSA) is 29.1 Å². The lowest BCUT2D eigenvalue weighted by Gasteiger charge is -2.17. The summed E-state index contributed by atoms with van der Waals surface area (Å²) in [6, 6.07) is 0.522. The zero-order valence-electron chi connectivity index (χ0n) is 8.76. The molecule has 74 valence electrons. The van der Waals surface area contributed by atoms with Gasteiger partial charge in [0, 0.05) is 12.0 Å². The Hall–Kier alpha value is -0.530. The Labute approximate surface area is 80.1 Å². The molecule has 2 aliphatic rings. The predicted molar refractivity (Wildman–Crippen MR) is 52.2 cm³/mol. The molecule has 2 nitrogen and oxygen atoms in total. The minimum atomic E-state index is 0.308. The van der Waals surface area contributed by atoms with Crippen molar-refractivity contribution in [1.82, 2.24) is 5.32 Å². The minimum Gasteiger partial charge on any atom is -0.353 e. The number of hydrogen-bond donors (Lipinski definition) is 1. The molecular weight excluding hydrogens is 162 g/mol. The average molecular weight is 181 g/mol. The van der Waals surface area contributed by atoms with Gasteiger partial charge in [0.15, 0.2) is 0 Å². The molecule has 0 bridgehead atoms. The summed E-state index contributed by atoms with van der Waals surface area (Å²) in [7, 11) is 0. The van der Waals surface area contributed by atoms with Crippen LogP contribution in [0, 0.1) is 17.3 Å². The van der Waals surface area contributed by atoms with E-state index >= 15 is 0 Å². The van der Waals surface area contributed by atoms with Gasteiger partial charge in [0.05, 0.1) is 0 Å². The van der Waals surface area contributed by atoms with E-state index in [1.54, 1.807) is 0 Å². The smallest absolute Gasteiger partial charge is 0.223 e. The van der Waals surface area contributed by atoms with Crippen molar-refractivity contribution in [3.63, 3.8) is 0 Å². The third-order valence-corrected chi connectivity index (χ3v) is 3.16. The molecule has 0 aliphatic heterocycles. The second-order valence-electron chi connectivity index (χ2n) is 5.60. The molecule has 2 saturated carbocycles. The normalized spacial score (nSPS) is 32.8. The fraction of sp³-hybridized carbons (Fsp3) is 0.909. The highest BCUT2D eigenvalue weighted by molar-refractivity contribution is 5.82. The first-order valence-corrected chi connectivity index (χ1v) is 5.29. The number of nitrogens with one attached hydrogen (secondary N) is 1. The Bertz CT molecular complexity index is 225.